The lowest BCUT2D eigenvalue weighted by Gasteiger charge is -2.37. The number of fused-ring (bicyclic) bond motifs is 1. The largest absolute Gasteiger partial charge is 0.360 e. The van der Waals surface area contributed by atoms with Crippen LogP contribution in [0.3, 0.4) is 0 Å². The minimum Gasteiger partial charge on any atom is -0.360 e. The molecule has 4 rings (SSSR count). The van der Waals surface area contributed by atoms with Gasteiger partial charge in [0.1, 0.15) is 0 Å². The van der Waals surface area contributed by atoms with E-state index in [2.05, 4.69) is 20.5 Å². The molecule has 7 nitrogen and oxygen atoms in total. The molecule has 1 aliphatic rings. The number of amides is 2. The molecule has 2 N–H and O–H groups in total. The van der Waals surface area contributed by atoms with Crippen molar-refractivity contribution in [2.45, 2.75) is 11.3 Å². The topological polar surface area (TPSA) is 91.0 Å². The average Bonchev–Trinajstić information content (AvgIpc) is 3.20. The quantitative estimate of drug-likeness (QED) is 0.519. The number of para-hydroxylation sites is 1. The average molecular weight is 387 g/mol. The van der Waals surface area contributed by atoms with E-state index in [9.17, 15) is 9.59 Å². The van der Waals surface area contributed by atoms with E-state index in [4.69, 9.17) is 0 Å². The molecule has 3 heterocycles. The first kappa shape index (κ1) is 17.0. The Labute approximate surface area is 158 Å². The van der Waals surface area contributed by atoms with Crippen molar-refractivity contribution >= 4 is 50.9 Å². The number of nitrogens with zero attached hydrogens (tertiary/aromatic N) is 3. The lowest BCUT2D eigenvalue weighted by Crippen LogP contribution is -2.54. The Kier molecular flexibility index (Phi) is 4.64. The zero-order chi connectivity index (χ0) is 18.1. The number of benzene rings is 1. The van der Waals surface area contributed by atoms with E-state index < -0.39 is 0 Å². The Bertz CT molecular complexity index is 961. The summed E-state index contributed by atoms with van der Waals surface area (Å²) in [6.07, 6.45) is 1.73. The monoisotopic (exact) mass is 387 g/mol. The molecular formula is C17H17N5O2S2. The van der Waals surface area contributed by atoms with Crippen molar-refractivity contribution in [1.29, 1.82) is 0 Å². The minimum absolute atomic E-state index is 0.0518. The van der Waals surface area contributed by atoms with Gasteiger partial charge in [-0.3, -0.25) is 9.59 Å². The van der Waals surface area contributed by atoms with Crippen molar-refractivity contribution < 1.29 is 9.59 Å². The van der Waals surface area contributed by atoms with Crippen LogP contribution in [0.4, 0.5) is 5.13 Å². The van der Waals surface area contributed by atoms with E-state index in [0.29, 0.717) is 23.8 Å². The van der Waals surface area contributed by atoms with Gasteiger partial charge in [-0.05, 0) is 11.8 Å². The molecule has 2 aromatic heterocycles. The Balaban J connectivity index is 1.35. The molecule has 0 aliphatic carbocycles. The van der Waals surface area contributed by atoms with E-state index in [1.165, 1.54) is 11.3 Å². The predicted molar refractivity (Wildman–Crippen MR) is 103 cm³/mol. The number of aromatic nitrogens is 3. The van der Waals surface area contributed by atoms with Crippen molar-refractivity contribution in [3.05, 3.63) is 36.0 Å². The summed E-state index contributed by atoms with van der Waals surface area (Å²) in [6, 6.07) is 7.69. The van der Waals surface area contributed by atoms with E-state index in [1.54, 1.807) is 22.9 Å². The maximum atomic E-state index is 12.7. The Hall–Kier alpha value is -2.39. The SMILES string of the molecule is CCSc1nnc(NC(=O)C2CN(C(=O)c3c[nH]c4ccccc34)C2)s1. The number of likely N-dealkylation sites (tertiary alicyclic amines) is 1. The van der Waals surface area contributed by atoms with Crippen molar-refractivity contribution in [3.8, 4) is 0 Å². The van der Waals surface area contributed by atoms with Gasteiger partial charge in [0.05, 0.1) is 11.5 Å². The highest BCUT2D eigenvalue weighted by Gasteiger charge is 2.37. The highest BCUT2D eigenvalue weighted by molar-refractivity contribution is 8.01. The number of rotatable bonds is 5. The molecule has 0 saturated carbocycles. The fraction of sp³-hybridized carbons (Fsp3) is 0.294. The molecule has 0 radical (unpaired) electrons. The highest BCUT2D eigenvalue weighted by atomic mass is 32.2. The van der Waals surface area contributed by atoms with Crippen LogP contribution in [-0.4, -0.2) is 50.7 Å². The number of nitrogens with one attached hydrogen (secondary N) is 2. The molecule has 3 aromatic rings. The van der Waals surface area contributed by atoms with Gasteiger partial charge in [-0.25, -0.2) is 0 Å². The number of carbonyl (C=O) groups is 2. The van der Waals surface area contributed by atoms with E-state index in [0.717, 1.165) is 21.0 Å². The van der Waals surface area contributed by atoms with Crippen molar-refractivity contribution in [2.24, 2.45) is 5.92 Å². The van der Waals surface area contributed by atoms with Gasteiger partial charge in [0, 0.05) is 30.2 Å². The smallest absolute Gasteiger partial charge is 0.256 e. The van der Waals surface area contributed by atoms with E-state index in [1.807, 2.05) is 31.2 Å². The second kappa shape index (κ2) is 7.08. The third kappa shape index (κ3) is 3.19. The number of thioether (sulfide) groups is 1. The molecule has 26 heavy (non-hydrogen) atoms. The lowest BCUT2D eigenvalue weighted by atomic mass is 9.98. The fourth-order valence-electron chi connectivity index (χ4n) is 2.88. The predicted octanol–water partition coefficient (Wildman–Crippen LogP) is 2.84. The number of H-pyrrole nitrogens is 1. The first-order valence-electron chi connectivity index (χ1n) is 8.28. The normalized spacial score (nSPS) is 14.4. The van der Waals surface area contributed by atoms with Gasteiger partial charge in [-0.15, -0.1) is 10.2 Å². The second-order valence-electron chi connectivity index (χ2n) is 5.95. The first-order chi connectivity index (χ1) is 12.7. The minimum atomic E-state index is -0.213. The molecular weight excluding hydrogens is 370 g/mol. The fourth-order valence-corrected chi connectivity index (χ4v) is 4.53. The van der Waals surface area contributed by atoms with Crippen LogP contribution in [0.15, 0.2) is 34.8 Å². The molecule has 0 spiro atoms. The standard InChI is InChI=1S/C17H17N5O2S2/c1-2-25-17-21-20-16(26-17)19-14(23)10-8-22(9-10)15(24)12-7-18-13-6-4-3-5-11(12)13/h3-7,10,18H,2,8-9H2,1H3,(H,19,20,23). The molecule has 1 aromatic carbocycles. The molecule has 2 amide bonds. The number of hydrogen-bond donors (Lipinski definition) is 2. The summed E-state index contributed by atoms with van der Waals surface area (Å²) in [6.45, 7) is 2.87. The Morgan fingerprint density at radius 2 is 2.15 bits per heavy atom. The molecule has 0 atom stereocenters. The van der Waals surface area contributed by atoms with Crippen LogP contribution >= 0.6 is 23.1 Å². The lowest BCUT2D eigenvalue weighted by molar-refractivity contribution is -0.123. The summed E-state index contributed by atoms with van der Waals surface area (Å²) in [5.74, 6) is 0.535. The molecule has 1 aliphatic heterocycles. The van der Waals surface area contributed by atoms with Crippen molar-refractivity contribution in [2.75, 3.05) is 24.2 Å². The van der Waals surface area contributed by atoms with Crippen LogP contribution in [0.5, 0.6) is 0 Å². The number of hydrogen-bond acceptors (Lipinski definition) is 6. The summed E-state index contributed by atoms with van der Waals surface area (Å²) in [4.78, 5) is 29.8. The van der Waals surface area contributed by atoms with Crippen LogP contribution in [0, 0.1) is 5.92 Å². The molecule has 1 saturated heterocycles. The Morgan fingerprint density at radius 1 is 1.35 bits per heavy atom. The first-order valence-corrected chi connectivity index (χ1v) is 10.1. The third-order valence-corrected chi connectivity index (χ3v) is 6.12. The molecule has 0 unspecified atom stereocenters. The third-order valence-electron chi connectivity index (χ3n) is 4.26. The van der Waals surface area contributed by atoms with Gasteiger partial charge in [0.15, 0.2) is 4.34 Å². The maximum Gasteiger partial charge on any atom is 0.256 e. The van der Waals surface area contributed by atoms with Gasteiger partial charge < -0.3 is 15.2 Å². The summed E-state index contributed by atoms with van der Waals surface area (Å²) in [5.41, 5.74) is 1.58. The van der Waals surface area contributed by atoms with Gasteiger partial charge in [-0.1, -0.05) is 48.2 Å². The van der Waals surface area contributed by atoms with E-state index in [-0.39, 0.29) is 17.7 Å². The number of carbonyl (C=O) groups excluding carboxylic acids is 2. The second-order valence-corrected chi connectivity index (χ2v) is 8.44. The van der Waals surface area contributed by atoms with Gasteiger partial charge in [0.25, 0.3) is 5.91 Å². The van der Waals surface area contributed by atoms with Crippen LogP contribution in [0.25, 0.3) is 10.9 Å². The number of aromatic amines is 1. The zero-order valence-electron chi connectivity index (χ0n) is 14.1. The molecule has 134 valence electrons. The van der Waals surface area contributed by atoms with Crippen LogP contribution in [0.1, 0.15) is 17.3 Å². The van der Waals surface area contributed by atoms with Crippen LogP contribution in [0.2, 0.25) is 0 Å². The maximum absolute atomic E-state index is 12.7. The molecule has 1 fully saturated rings. The van der Waals surface area contributed by atoms with Gasteiger partial charge in [0.2, 0.25) is 11.0 Å². The zero-order valence-corrected chi connectivity index (χ0v) is 15.7. The van der Waals surface area contributed by atoms with Crippen molar-refractivity contribution in [3.63, 3.8) is 0 Å². The summed E-state index contributed by atoms with van der Waals surface area (Å²) in [5, 5.41) is 12.2. The summed E-state index contributed by atoms with van der Waals surface area (Å²) in [7, 11) is 0. The van der Waals surface area contributed by atoms with Crippen molar-refractivity contribution in [1.82, 2.24) is 20.1 Å². The van der Waals surface area contributed by atoms with Gasteiger partial charge in [-0.2, -0.15) is 0 Å². The van der Waals surface area contributed by atoms with E-state index >= 15 is 0 Å². The molecule has 0 bridgehead atoms. The van der Waals surface area contributed by atoms with Crippen LogP contribution in [-0.2, 0) is 4.79 Å². The highest BCUT2D eigenvalue weighted by Crippen LogP contribution is 2.27. The summed E-state index contributed by atoms with van der Waals surface area (Å²) >= 11 is 2.96. The van der Waals surface area contributed by atoms with Crippen LogP contribution < -0.4 is 5.32 Å². The molecule has 9 heteroatoms. The van der Waals surface area contributed by atoms with Gasteiger partial charge >= 0.3 is 0 Å². The summed E-state index contributed by atoms with van der Waals surface area (Å²) < 4.78 is 0.840. The Morgan fingerprint density at radius 3 is 2.96 bits per heavy atom. The number of anilines is 1.